The monoisotopic (exact) mass is 356 g/mol. The quantitative estimate of drug-likeness (QED) is 0.243. The minimum Gasteiger partial charge on any atom is -0.509 e. The van der Waals surface area contributed by atoms with Crippen molar-refractivity contribution in [3.63, 3.8) is 0 Å². The predicted molar refractivity (Wildman–Crippen MR) is 99.1 cm³/mol. The van der Waals surface area contributed by atoms with Gasteiger partial charge in [0.2, 0.25) is 5.70 Å². The fraction of sp³-hybridized carbons (Fsp3) is 0.211. The van der Waals surface area contributed by atoms with Gasteiger partial charge in [-0.25, -0.2) is 4.79 Å². The molecule has 0 aliphatic rings. The van der Waals surface area contributed by atoms with E-state index in [-0.39, 0.29) is 23.8 Å². The summed E-state index contributed by atoms with van der Waals surface area (Å²) in [5.74, 6) is -0.654. The Morgan fingerprint density at radius 3 is 2.44 bits per heavy atom. The molecule has 0 unspecified atom stereocenters. The second-order valence-electron chi connectivity index (χ2n) is 5.15. The molecule has 0 saturated heterocycles. The van der Waals surface area contributed by atoms with Gasteiger partial charge in [-0.05, 0) is 38.1 Å². The largest absolute Gasteiger partial charge is 0.509 e. The van der Waals surface area contributed by atoms with Gasteiger partial charge in [-0.2, -0.15) is 5.11 Å². The van der Waals surface area contributed by atoms with Crippen LogP contribution in [0.2, 0.25) is 0 Å². The number of azo groups is 1. The van der Waals surface area contributed by atoms with E-state index in [2.05, 4.69) is 10.2 Å². The number of carbonyl (C=O) groups excluding carboxylic acids is 1. The molecule has 5 nitrogen and oxygen atoms in total. The van der Waals surface area contributed by atoms with E-state index >= 15 is 0 Å². The average Bonchev–Trinajstić information content (AvgIpc) is 2.62. The van der Waals surface area contributed by atoms with Gasteiger partial charge in [0.05, 0.1) is 18.0 Å². The molecule has 2 aromatic rings. The second kappa shape index (κ2) is 9.64. The second-order valence-corrected chi connectivity index (χ2v) is 6.20. The van der Waals surface area contributed by atoms with Gasteiger partial charge in [0, 0.05) is 4.90 Å². The number of aryl methyl sites for hydroxylation is 1. The van der Waals surface area contributed by atoms with E-state index in [0.29, 0.717) is 5.69 Å². The predicted octanol–water partition coefficient (Wildman–Crippen LogP) is 5.20. The fourth-order valence-corrected chi connectivity index (χ4v) is 2.64. The number of aliphatic hydroxyl groups excluding tert-OH is 1. The van der Waals surface area contributed by atoms with E-state index in [4.69, 9.17) is 4.74 Å². The van der Waals surface area contributed by atoms with Crippen LogP contribution in [0, 0.1) is 6.92 Å². The van der Waals surface area contributed by atoms with Gasteiger partial charge >= 0.3 is 5.97 Å². The van der Waals surface area contributed by atoms with Crippen LogP contribution in [0.3, 0.4) is 0 Å². The van der Waals surface area contributed by atoms with E-state index in [1.807, 2.05) is 49.4 Å². The number of nitrogens with zero attached hydrogens (tertiary/aromatic N) is 2. The number of hydrogen-bond acceptors (Lipinski definition) is 6. The van der Waals surface area contributed by atoms with Crippen molar-refractivity contribution >= 4 is 23.4 Å². The van der Waals surface area contributed by atoms with Crippen LogP contribution < -0.4 is 0 Å². The molecule has 0 saturated carbocycles. The normalized spacial score (nSPS) is 12.1. The summed E-state index contributed by atoms with van der Waals surface area (Å²) in [6.07, 6.45) is 0. The standard InChI is InChI=1S/C19H20N2O3S/c1-3-24-19(23)18(21-20-15-7-5-4-6-8-15)17(22)13-25-16-11-9-14(2)10-12-16/h4-12,22H,3,13H2,1-2H3/b18-17+,21-20?. The highest BCUT2D eigenvalue weighted by atomic mass is 32.2. The molecule has 0 heterocycles. The van der Waals surface area contributed by atoms with E-state index < -0.39 is 5.97 Å². The third-order valence-corrected chi connectivity index (χ3v) is 4.18. The number of esters is 1. The molecule has 6 heteroatoms. The summed E-state index contributed by atoms with van der Waals surface area (Å²) in [6.45, 7) is 3.90. The van der Waals surface area contributed by atoms with E-state index in [1.165, 1.54) is 11.8 Å². The molecule has 0 spiro atoms. The number of rotatable bonds is 7. The molecule has 0 aliphatic heterocycles. The summed E-state index contributed by atoms with van der Waals surface area (Å²) in [5, 5.41) is 18.2. The first-order valence-corrected chi connectivity index (χ1v) is 8.84. The van der Waals surface area contributed by atoms with Gasteiger partial charge in [0.15, 0.2) is 0 Å². The highest BCUT2D eigenvalue weighted by Gasteiger charge is 2.17. The van der Waals surface area contributed by atoms with Crippen LogP contribution in [0.4, 0.5) is 5.69 Å². The van der Waals surface area contributed by atoms with Crippen LogP contribution in [-0.2, 0) is 9.53 Å². The van der Waals surface area contributed by atoms with Crippen molar-refractivity contribution in [1.29, 1.82) is 0 Å². The summed E-state index contributed by atoms with van der Waals surface area (Å²) in [4.78, 5) is 13.0. The first-order chi connectivity index (χ1) is 12.1. The van der Waals surface area contributed by atoms with Crippen LogP contribution >= 0.6 is 11.8 Å². The summed E-state index contributed by atoms with van der Waals surface area (Å²) < 4.78 is 4.96. The summed E-state index contributed by atoms with van der Waals surface area (Å²) in [6, 6.07) is 16.9. The van der Waals surface area contributed by atoms with Crippen LogP contribution in [0.1, 0.15) is 12.5 Å². The molecule has 25 heavy (non-hydrogen) atoms. The molecule has 0 radical (unpaired) electrons. The van der Waals surface area contributed by atoms with Gasteiger partial charge in [-0.3, -0.25) is 0 Å². The summed E-state index contributed by atoms with van der Waals surface area (Å²) in [7, 11) is 0. The molecule has 1 N–H and O–H groups in total. The highest BCUT2D eigenvalue weighted by Crippen LogP contribution is 2.23. The first-order valence-electron chi connectivity index (χ1n) is 7.85. The lowest BCUT2D eigenvalue weighted by atomic mass is 10.2. The zero-order valence-corrected chi connectivity index (χ0v) is 15.0. The smallest absolute Gasteiger partial charge is 0.362 e. The zero-order valence-electron chi connectivity index (χ0n) is 14.2. The molecule has 2 rings (SSSR count). The van der Waals surface area contributed by atoms with Gasteiger partial charge in [-0.15, -0.1) is 16.9 Å². The molecule has 2 aromatic carbocycles. The third kappa shape index (κ3) is 6.08. The molecular weight excluding hydrogens is 336 g/mol. The third-order valence-electron chi connectivity index (χ3n) is 3.16. The Labute approximate surface area is 151 Å². The lowest BCUT2D eigenvalue weighted by molar-refractivity contribution is -0.138. The van der Waals surface area contributed by atoms with Crippen LogP contribution in [-0.4, -0.2) is 23.4 Å². The Morgan fingerprint density at radius 1 is 1.12 bits per heavy atom. The van der Waals surface area contributed by atoms with Crippen LogP contribution in [0.25, 0.3) is 0 Å². The van der Waals surface area contributed by atoms with Crippen molar-refractivity contribution in [2.45, 2.75) is 18.7 Å². The van der Waals surface area contributed by atoms with Crippen molar-refractivity contribution in [1.82, 2.24) is 0 Å². The number of hydrogen-bond donors (Lipinski definition) is 1. The average molecular weight is 356 g/mol. The number of benzene rings is 2. The fourth-order valence-electron chi connectivity index (χ4n) is 1.87. The van der Waals surface area contributed by atoms with E-state index in [9.17, 15) is 9.90 Å². The van der Waals surface area contributed by atoms with Crippen molar-refractivity contribution < 1.29 is 14.6 Å². The molecule has 0 fully saturated rings. The Balaban J connectivity index is 2.16. The minimum absolute atomic E-state index is 0.163. The van der Waals surface area contributed by atoms with Crippen molar-refractivity contribution in [2.24, 2.45) is 10.2 Å². The SMILES string of the molecule is CCOC(=O)/C(N=Nc1ccccc1)=C(\O)CSc1ccc(C)cc1. The minimum atomic E-state index is -0.691. The number of carbonyl (C=O) groups is 1. The van der Waals surface area contributed by atoms with E-state index in [0.717, 1.165) is 10.5 Å². The Morgan fingerprint density at radius 2 is 1.80 bits per heavy atom. The van der Waals surface area contributed by atoms with Crippen molar-refractivity contribution in [2.75, 3.05) is 12.4 Å². The molecule has 0 aliphatic carbocycles. The Bertz CT molecular complexity index is 756. The first kappa shape index (κ1) is 18.7. The maximum Gasteiger partial charge on any atom is 0.362 e. The van der Waals surface area contributed by atoms with Crippen molar-refractivity contribution in [3.05, 3.63) is 71.6 Å². The highest BCUT2D eigenvalue weighted by molar-refractivity contribution is 7.99. The Kier molecular flexibility index (Phi) is 7.22. The van der Waals surface area contributed by atoms with Crippen LogP contribution in [0.15, 0.2) is 81.2 Å². The van der Waals surface area contributed by atoms with E-state index in [1.54, 1.807) is 19.1 Å². The maximum atomic E-state index is 12.1. The molecular formula is C19H20N2O3S. The molecule has 0 atom stereocenters. The Hall–Kier alpha value is -2.60. The van der Waals surface area contributed by atoms with Gasteiger partial charge in [0.25, 0.3) is 0 Å². The lowest BCUT2D eigenvalue weighted by Gasteiger charge is -2.06. The lowest BCUT2D eigenvalue weighted by Crippen LogP contribution is -2.09. The molecule has 0 amide bonds. The number of thioether (sulfide) groups is 1. The van der Waals surface area contributed by atoms with Gasteiger partial charge < -0.3 is 9.84 Å². The summed E-state index contributed by atoms with van der Waals surface area (Å²) in [5.41, 5.74) is 1.57. The van der Waals surface area contributed by atoms with Crippen LogP contribution in [0.5, 0.6) is 0 Å². The topological polar surface area (TPSA) is 71.2 Å². The van der Waals surface area contributed by atoms with Gasteiger partial charge in [-0.1, -0.05) is 35.9 Å². The summed E-state index contributed by atoms with van der Waals surface area (Å²) >= 11 is 1.41. The molecule has 0 aromatic heterocycles. The molecule has 130 valence electrons. The maximum absolute atomic E-state index is 12.1. The zero-order chi connectivity index (χ0) is 18.1. The van der Waals surface area contributed by atoms with Crippen molar-refractivity contribution in [3.8, 4) is 0 Å². The van der Waals surface area contributed by atoms with Gasteiger partial charge in [0.1, 0.15) is 5.76 Å². The number of aliphatic hydroxyl groups is 1. The number of ether oxygens (including phenoxy) is 1. The molecule has 0 bridgehead atoms.